The average molecular weight is 478 g/mol. The Morgan fingerprint density at radius 3 is 2.48 bits per heavy atom. The third kappa shape index (κ3) is 5.30. The molecule has 1 N–H and O–H groups in total. The number of fused-ring (bicyclic) bond motifs is 1. The zero-order valence-electron chi connectivity index (χ0n) is 19.9. The topological polar surface area (TPSA) is 71.1 Å². The molecular weight excluding hydrogens is 442 g/mol. The Bertz CT molecular complexity index is 894. The zero-order chi connectivity index (χ0) is 22.7. The first kappa shape index (κ1) is 25.4. The number of nitrogens with zero attached hydrogens (tertiary/aromatic N) is 2. The minimum atomic E-state index is -0.746. The van der Waals surface area contributed by atoms with E-state index in [1.54, 1.807) is 0 Å². The summed E-state index contributed by atoms with van der Waals surface area (Å²) in [6.45, 7) is 10.3. The third-order valence-corrected chi connectivity index (χ3v) is 6.59. The molecule has 1 spiro atoms. The van der Waals surface area contributed by atoms with Gasteiger partial charge in [0.2, 0.25) is 0 Å². The lowest BCUT2D eigenvalue weighted by molar-refractivity contribution is -0.154. The highest BCUT2D eigenvalue weighted by atomic mass is 35.5. The number of nitrogens with one attached hydrogen (secondary N) is 1. The predicted octanol–water partition coefficient (Wildman–Crippen LogP) is 3.51. The molecule has 3 aliphatic heterocycles. The Morgan fingerprint density at radius 2 is 1.82 bits per heavy atom. The van der Waals surface area contributed by atoms with Crippen molar-refractivity contribution in [3.05, 3.63) is 35.5 Å². The molecule has 33 heavy (non-hydrogen) atoms. The van der Waals surface area contributed by atoms with Gasteiger partial charge in [0.25, 0.3) is 11.8 Å². The number of piperidine rings is 1. The van der Waals surface area contributed by atoms with Crippen molar-refractivity contribution in [2.24, 2.45) is 5.92 Å². The molecule has 2 saturated heterocycles. The number of benzene rings is 1. The number of allylic oxidation sites excluding steroid dienone is 1. The summed E-state index contributed by atoms with van der Waals surface area (Å²) in [6.07, 6.45) is 5.04. The van der Waals surface area contributed by atoms with Gasteiger partial charge in [-0.15, -0.1) is 12.4 Å². The molecule has 3 aliphatic rings. The number of hydrogen-bond acceptors (Lipinski definition) is 5. The summed E-state index contributed by atoms with van der Waals surface area (Å²) in [5, 5.41) is 2.95. The number of carbonyl (C=O) groups is 2. The van der Waals surface area contributed by atoms with Gasteiger partial charge in [0.05, 0.1) is 0 Å². The second kappa shape index (κ2) is 10.8. The first-order valence-corrected chi connectivity index (χ1v) is 11.9. The maximum absolute atomic E-state index is 13.3. The van der Waals surface area contributed by atoms with Gasteiger partial charge in [-0.25, -0.2) is 0 Å². The number of carbonyl (C=O) groups excluding carboxylic acids is 2. The van der Waals surface area contributed by atoms with Crippen LogP contribution >= 0.6 is 12.4 Å². The second-order valence-electron chi connectivity index (χ2n) is 9.37. The Balaban J connectivity index is 0.00000306. The Kier molecular flexibility index (Phi) is 8.29. The molecule has 0 radical (unpaired) electrons. The molecule has 1 aromatic rings. The van der Waals surface area contributed by atoms with Gasteiger partial charge in [0, 0.05) is 26.2 Å². The largest absolute Gasteiger partial charge is 0.486 e. The first-order valence-electron chi connectivity index (χ1n) is 11.9. The van der Waals surface area contributed by atoms with E-state index in [9.17, 15) is 9.59 Å². The maximum atomic E-state index is 13.3. The summed E-state index contributed by atoms with van der Waals surface area (Å²) in [7, 11) is 0. The molecular formula is C25H36ClN3O4. The number of halogens is 1. The molecule has 8 heteroatoms. The summed E-state index contributed by atoms with van der Waals surface area (Å²) in [5.41, 5.74) is 0.856. The van der Waals surface area contributed by atoms with E-state index in [4.69, 9.17) is 9.47 Å². The first-order chi connectivity index (χ1) is 15.4. The maximum Gasteiger partial charge on any atom is 0.270 e. The number of piperazine rings is 1. The highest BCUT2D eigenvalue weighted by Crippen LogP contribution is 2.36. The summed E-state index contributed by atoms with van der Waals surface area (Å²) in [6, 6.07) is 6.09. The average Bonchev–Trinajstić information content (AvgIpc) is 2.78. The molecule has 3 heterocycles. The molecule has 2 amide bonds. The van der Waals surface area contributed by atoms with Crippen LogP contribution in [0.1, 0.15) is 52.0 Å². The summed E-state index contributed by atoms with van der Waals surface area (Å²) in [5.74, 6) is 1.73. The molecule has 4 rings (SSSR count). The Labute approximate surface area is 202 Å². The second-order valence-corrected chi connectivity index (χ2v) is 9.37. The van der Waals surface area contributed by atoms with Gasteiger partial charge in [-0.2, -0.15) is 0 Å². The Morgan fingerprint density at radius 1 is 1.12 bits per heavy atom. The Hall–Kier alpha value is -2.25. The molecule has 0 atom stereocenters. The zero-order valence-corrected chi connectivity index (χ0v) is 20.7. The SMILES string of the molecule is CCCCN1C(=O)C(=CC(C)C)NC(=O)C12CCN(Cc1ccc3c(c1)OCCO3)CC2.Cl. The van der Waals surface area contributed by atoms with Gasteiger partial charge in [-0.1, -0.05) is 39.3 Å². The van der Waals surface area contributed by atoms with Crippen molar-refractivity contribution in [1.29, 1.82) is 0 Å². The number of ether oxygens (including phenoxy) is 2. The van der Waals surface area contributed by atoms with Crippen molar-refractivity contribution < 1.29 is 19.1 Å². The van der Waals surface area contributed by atoms with Crippen molar-refractivity contribution in [2.45, 2.75) is 58.5 Å². The van der Waals surface area contributed by atoms with Crippen molar-refractivity contribution in [3.63, 3.8) is 0 Å². The van der Waals surface area contributed by atoms with Gasteiger partial charge in [-0.3, -0.25) is 14.5 Å². The van der Waals surface area contributed by atoms with Crippen LogP contribution in [-0.2, 0) is 16.1 Å². The number of hydrogen-bond donors (Lipinski definition) is 1. The van der Waals surface area contributed by atoms with Crippen LogP contribution < -0.4 is 14.8 Å². The lowest BCUT2D eigenvalue weighted by atomic mass is 9.82. The van der Waals surface area contributed by atoms with Crippen molar-refractivity contribution >= 4 is 24.2 Å². The van der Waals surface area contributed by atoms with Crippen LogP contribution in [0.15, 0.2) is 30.0 Å². The van der Waals surface area contributed by atoms with E-state index in [0.717, 1.165) is 44.0 Å². The number of unbranched alkanes of at least 4 members (excludes halogenated alkanes) is 1. The van der Waals surface area contributed by atoms with Crippen molar-refractivity contribution in [2.75, 3.05) is 32.8 Å². The fourth-order valence-corrected chi connectivity index (χ4v) is 4.85. The molecule has 0 bridgehead atoms. The van der Waals surface area contributed by atoms with E-state index in [0.29, 0.717) is 38.3 Å². The van der Waals surface area contributed by atoms with Crippen LogP contribution in [-0.4, -0.2) is 60.0 Å². The van der Waals surface area contributed by atoms with Crippen molar-refractivity contribution in [3.8, 4) is 11.5 Å². The van der Waals surface area contributed by atoms with Crippen LogP contribution in [0, 0.1) is 5.92 Å². The number of rotatable bonds is 6. The van der Waals surface area contributed by atoms with Gasteiger partial charge < -0.3 is 19.7 Å². The van der Waals surface area contributed by atoms with Gasteiger partial charge >= 0.3 is 0 Å². The molecule has 7 nitrogen and oxygen atoms in total. The highest BCUT2D eigenvalue weighted by molar-refractivity contribution is 6.06. The standard InChI is InChI=1S/C25H35N3O4.ClH/c1-4-5-10-28-23(29)20(15-18(2)3)26-24(30)25(28)8-11-27(12-9-25)17-19-6-7-21-22(16-19)32-14-13-31-21;/h6-7,15-16,18H,4-5,8-14,17H2,1-3H3,(H,26,30);1H. The van der Waals surface area contributed by atoms with Crippen LogP contribution in [0.4, 0.5) is 0 Å². The van der Waals surface area contributed by atoms with Crippen LogP contribution in [0.5, 0.6) is 11.5 Å². The van der Waals surface area contributed by atoms with Gasteiger partial charge in [-0.05, 0) is 42.9 Å². The summed E-state index contributed by atoms with van der Waals surface area (Å²) >= 11 is 0. The summed E-state index contributed by atoms with van der Waals surface area (Å²) in [4.78, 5) is 30.8. The molecule has 2 fully saturated rings. The minimum Gasteiger partial charge on any atom is -0.486 e. The van der Waals surface area contributed by atoms with E-state index in [1.807, 2.05) is 37.0 Å². The predicted molar refractivity (Wildman–Crippen MR) is 130 cm³/mol. The van der Waals surface area contributed by atoms with E-state index in [1.165, 1.54) is 5.56 Å². The summed E-state index contributed by atoms with van der Waals surface area (Å²) < 4.78 is 11.3. The molecule has 182 valence electrons. The fraction of sp³-hybridized carbons (Fsp3) is 0.600. The lowest BCUT2D eigenvalue weighted by Crippen LogP contribution is -2.69. The van der Waals surface area contributed by atoms with Crippen molar-refractivity contribution in [1.82, 2.24) is 15.1 Å². The van der Waals surface area contributed by atoms with Crippen LogP contribution in [0.3, 0.4) is 0 Å². The quantitative estimate of drug-likeness (QED) is 0.635. The smallest absolute Gasteiger partial charge is 0.270 e. The van der Waals surface area contributed by atoms with Crippen LogP contribution in [0.25, 0.3) is 0 Å². The van der Waals surface area contributed by atoms with Gasteiger partial charge in [0.1, 0.15) is 24.4 Å². The normalized spacial score (nSPS) is 21.3. The van der Waals surface area contributed by atoms with Gasteiger partial charge in [0.15, 0.2) is 11.5 Å². The molecule has 1 aromatic carbocycles. The number of likely N-dealkylation sites (tertiary alicyclic amines) is 1. The molecule has 0 aliphatic carbocycles. The lowest BCUT2D eigenvalue weighted by Gasteiger charge is -2.50. The van der Waals surface area contributed by atoms with E-state index in [-0.39, 0.29) is 30.1 Å². The highest BCUT2D eigenvalue weighted by Gasteiger charge is 2.52. The van der Waals surface area contributed by atoms with E-state index in [2.05, 4.69) is 23.2 Å². The molecule has 0 unspecified atom stereocenters. The fourth-order valence-electron chi connectivity index (χ4n) is 4.85. The molecule has 0 saturated carbocycles. The monoisotopic (exact) mass is 477 g/mol. The van der Waals surface area contributed by atoms with E-state index >= 15 is 0 Å². The number of amides is 2. The van der Waals surface area contributed by atoms with E-state index < -0.39 is 5.54 Å². The molecule has 0 aromatic heterocycles. The third-order valence-electron chi connectivity index (χ3n) is 6.59. The minimum absolute atomic E-state index is 0. The van der Waals surface area contributed by atoms with Crippen LogP contribution in [0.2, 0.25) is 0 Å².